The van der Waals surface area contributed by atoms with Crippen LogP contribution in [0.15, 0.2) is 46.6 Å². The van der Waals surface area contributed by atoms with Gasteiger partial charge in [0.2, 0.25) is 0 Å². The number of hydrogen-bond acceptors (Lipinski definition) is 2. The minimum Gasteiger partial charge on any atom is -0.497 e. The molecule has 1 atom stereocenters. The van der Waals surface area contributed by atoms with Crippen molar-refractivity contribution < 1.29 is 4.74 Å². The van der Waals surface area contributed by atoms with Crippen LogP contribution in [-0.2, 0) is 6.42 Å². The van der Waals surface area contributed by atoms with E-state index in [2.05, 4.69) is 39.8 Å². The van der Waals surface area contributed by atoms with Gasteiger partial charge in [-0.15, -0.1) is 0 Å². The maximum absolute atomic E-state index is 6.39. The van der Waals surface area contributed by atoms with E-state index in [0.29, 0.717) is 5.92 Å². The Hall–Kier alpha value is -1.54. The van der Waals surface area contributed by atoms with Gasteiger partial charge in [0.1, 0.15) is 5.75 Å². The first-order valence-electron chi connectivity index (χ1n) is 7.67. The second-order valence-electron chi connectivity index (χ2n) is 6.22. The number of rotatable bonds is 5. The van der Waals surface area contributed by atoms with Gasteiger partial charge >= 0.3 is 0 Å². The van der Waals surface area contributed by atoms with E-state index < -0.39 is 0 Å². The van der Waals surface area contributed by atoms with Gasteiger partial charge in [0.25, 0.3) is 0 Å². The SMILES string of the molecule is COc1ccc(CC(N)CC2C(C)=C(C)C(C)=C2C)cc1. The van der Waals surface area contributed by atoms with Crippen LogP contribution in [0, 0.1) is 5.92 Å². The second-order valence-corrected chi connectivity index (χ2v) is 6.22. The highest BCUT2D eigenvalue weighted by atomic mass is 16.5. The Morgan fingerprint density at radius 1 is 1.00 bits per heavy atom. The van der Waals surface area contributed by atoms with Gasteiger partial charge in [0.05, 0.1) is 7.11 Å². The van der Waals surface area contributed by atoms with E-state index >= 15 is 0 Å². The normalized spacial score (nSPS) is 17.6. The number of methoxy groups -OCH3 is 1. The second kappa shape index (κ2) is 6.48. The summed E-state index contributed by atoms with van der Waals surface area (Å²) in [6.45, 7) is 8.95. The Morgan fingerprint density at radius 3 is 2.00 bits per heavy atom. The molecule has 0 aromatic heterocycles. The Morgan fingerprint density at radius 2 is 1.52 bits per heavy atom. The van der Waals surface area contributed by atoms with Crippen LogP contribution in [0.5, 0.6) is 5.75 Å². The summed E-state index contributed by atoms with van der Waals surface area (Å²) in [4.78, 5) is 0. The standard InChI is InChI=1S/C19H27NO/c1-12-13(2)15(4)19(14(12)3)11-17(20)10-16-6-8-18(21-5)9-7-16/h6-9,17,19H,10-11,20H2,1-5H3. The first kappa shape index (κ1) is 15.8. The van der Waals surface area contributed by atoms with Gasteiger partial charge in [-0.2, -0.15) is 0 Å². The molecule has 0 heterocycles. The number of allylic oxidation sites excluding steroid dienone is 4. The van der Waals surface area contributed by atoms with Crippen LogP contribution in [0.1, 0.15) is 39.7 Å². The lowest BCUT2D eigenvalue weighted by molar-refractivity contribution is 0.414. The van der Waals surface area contributed by atoms with Gasteiger partial charge in [0, 0.05) is 12.0 Å². The van der Waals surface area contributed by atoms with E-state index in [4.69, 9.17) is 10.5 Å². The first-order chi connectivity index (χ1) is 9.93. The highest BCUT2D eigenvalue weighted by molar-refractivity contribution is 5.46. The topological polar surface area (TPSA) is 35.2 Å². The molecule has 2 nitrogen and oxygen atoms in total. The van der Waals surface area contributed by atoms with Crippen LogP contribution in [0.3, 0.4) is 0 Å². The molecule has 0 spiro atoms. The van der Waals surface area contributed by atoms with Crippen molar-refractivity contribution >= 4 is 0 Å². The first-order valence-corrected chi connectivity index (χ1v) is 7.67. The molecule has 114 valence electrons. The molecule has 0 saturated heterocycles. The minimum atomic E-state index is 0.187. The summed E-state index contributed by atoms with van der Waals surface area (Å²) in [6.07, 6.45) is 1.94. The molecule has 1 aliphatic carbocycles. The Kier molecular flexibility index (Phi) is 4.89. The number of ether oxygens (including phenoxy) is 1. The van der Waals surface area contributed by atoms with Crippen molar-refractivity contribution in [3.63, 3.8) is 0 Å². The van der Waals surface area contributed by atoms with Gasteiger partial charge in [-0.1, -0.05) is 23.3 Å². The van der Waals surface area contributed by atoms with Crippen LogP contribution in [-0.4, -0.2) is 13.2 Å². The fourth-order valence-electron chi connectivity index (χ4n) is 3.24. The predicted octanol–water partition coefficient (Wildman–Crippen LogP) is 4.26. The molecule has 0 radical (unpaired) electrons. The number of nitrogens with two attached hydrogens (primary N) is 1. The average Bonchev–Trinajstić information content (AvgIpc) is 2.66. The van der Waals surface area contributed by atoms with Gasteiger partial charge < -0.3 is 10.5 Å². The maximum Gasteiger partial charge on any atom is 0.118 e. The van der Waals surface area contributed by atoms with Crippen molar-refractivity contribution in [3.8, 4) is 5.75 Å². The molecule has 1 aliphatic rings. The molecule has 2 heteroatoms. The summed E-state index contributed by atoms with van der Waals surface area (Å²) in [7, 11) is 1.69. The number of hydrogen-bond donors (Lipinski definition) is 1. The van der Waals surface area contributed by atoms with Gasteiger partial charge in [-0.05, 0) is 69.4 Å². The summed E-state index contributed by atoms with van der Waals surface area (Å²) in [5.74, 6) is 1.42. The molecule has 0 fully saturated rings. The predicted molar refractivity (Wildman–Crippen MR) is 89.5 cm³/mol. The molecule has 1 aromatic carbocycles. The Labute approximate surface area is 128 Å². The van der Waals surface area contributed by atoms with E-state index in [9.17, 15) is 0 Å². The lowest BCUT2D eigenvalue weighted by atomic mass is 9.88. The fourth-order valence-corrected chi connectivity index (χ4v) is 3.24. The van der Waals surface area contributed by atoms with Crippen LogP contribution in [0.2, 0.25) is 0 Å². The lowest BCUT2D eigenvalue weighted by Gasteiger charge is -2.20. The van der Waals surface area contributed by atoms with Gasteiger partial charge in [-0.25, -0.2) is 0 Å². The third-order valence-electron chi connectivity index (χ3n) is 4.99. The molecule has 0 amide bonds. The molecule has 1 aromatic rings. The Bertz CT molecular complexity index is 542. The largest absolute Gasteiger partial charge is 0.497 e. The molecule has 21 heavy (non-hydrogen) atoms. The third-order valence-corrected chi connectivity index (χ3v) is 4.99. The van der Waals surface area contributed by atoms with Crippen molar-refractivity contribution in [2.45, 2.75) is 46.6 Å². The van der Waals surface area contributed by atoms with Crippen molar-refractivity contribution in [2.75, 3.05) is 7.11 Å². The zero-order valence-corrected chi connectivity index (χ0v) is 13.9. The average molecular weight is 285 g/mol. The molecular weight excluding hydrogens is 258 g/mol. The highest BCUT2D eigenvalue weighted by Crippen LogP contribution is 2.39. The van der Waals surface area contributed by atoms with Crippen LogP contribution >= 0.6 is 0 Å². The summed E-state index contributed by atoms with van der Waals surface area (Å²) in [6, 6.07) is 8.40. The van der Waals surface area contributed by atoms with Crippen LogP contribution in [0.4, 0.5) is 0 Å². The monoisotopic (exact) mass is 285 g/mol. The van der Waals surface area contributed by atoms with Crippen molar-refractivity contribution in [1.82, 2.24) is 0 Å². The molecule has 1 unspecified atom stereocenters. The summed E-state index contributed by atoms with van der Waals surface area (Å²) in [5.41, 5.74) is 13.6. The maximum atomic E-state index is 6.39. The number of benzene rings is 1. The minimum absolute atomic E-state index is 0.187. The molecule has 0 bridgehead atoms. The molecule has 0 saturated carbocycles. The van der Waals surface area contributed by atoms with E-state index in [0.717, 1.165) is 18.6 Å². The van der Waals surface area contributed by atoms with Gasteiger partial charge in [0.15, 0.2) is 0 Å². The Balaban J connectivity index is 2.00. The lowest BCUT2D eigenvalue weighted by Crippen LogP contribution is -2.26. The summed E-state index contributed by atoms with van der Waals surface area (Å²) in [5, 5.41) is 0. The van der Waals surface area contributed by atoms with E-state index in [1.807, 2.05) is 12.1 Å². The molecule has 0 aliphatic heterocycles. The summed E-state index contributed by atoms with van der Waals surface area (Å²) < 4.78 is 5.19. The van der Waals surface area contributed by atoms with Crippen LogP contribution in [0.25, 0.3) is 0 Å². The smallest absolute Gasteiger partial charge is 0.118 e. The summed E-state index contributed by atoms with van der Waals surface area (Å²) >= 11 is 0. The van der Waals surface area contributed by atoms with Crippen molar-refractivity contribution in [2.24, 2.45) is 11.7 Å². The zero-order valence-electron chi connectivity index (χ0n) is 13.9. The zero-order chi connectivity index (χ0) is 15.6. The van der Waals surface area contributed by atoms with E-state index in [-0.39, 0.29) is 6.04 Å². The quantitative estimate of drug-likeness (QED) is 0.877. The van der Waals surface area contributed by atoms with E-state index in [1.165, 1.54) is 27.9 Å². The molecule has 2 rings (SSSR count). The van der Waals surface area contributed by atoms with Crippen molar-refractivity contribution in [1.29, 1.82) is 0 Å². The highest BCUT2D eigenvalue weighted by Gasteiger charge is 2.25. The molecular formula is C19H27NO. The van der Waals surface area contributed by atoms with Crippen molar-refractivity contribution in [3.05, 3.63) is 52.1 Å². The molecule has 2 N–H and O–H groups in total. The van der Waals surface area contributed by atoms with E-state index in [1.54, 1.807) is 7.11 Å². The fraction of sp³-hybridized carbons (Fsp3) is 0.474. The van der Waals surface area contributed by atoms with Crippen LogP contribution < -0.4 is 10.5 Å². The third kappa shape index (κ3) is 3.38. The van der Waals surface area contributed by atoms with Gasteiger partial charge in [-0.3, -0.25) is 0 Å².